The molecule has 7 heteroatoms. The molecule has 22 heavy (non-hydrogen) atoms. The minimum atomic E-state index is -3.52. The summed E-state index contributed by atoms with van der Waals surface area (Å²) in [5, 5.41) is 13.4. The van der Waals surface area contributed by atoms with Crippen molar-refractivity contribution in [1.82, 2.24) is 0 Å². The van der Waals surface area contributed by atoms with E-state index in [1.165, 1.54) is 12.1 Å². The number of carboxylic acids is 1. The molecule has 0 amide bonds. The second-order valence-corrected chi connectivity index (χ2v) is 7.24. The van der Waals surface area contributed by atoms with Gasteiger partial charge in [0.25, 0.3) is 0 Å². The van der Waals surface area contributed by atoms with Crippen molar-refractivity contribution in [3.63, 3.8) is 0 Å². The van der Waals surface area contributed by atoms with Gasteiger partial charge in [-0.25, -0.2) is 13.6 Å². The van der Waals surface area contributed by atoms with Gasteiger partial charge in [0.05, 0.1) is 11.3 Å². The van der Waals surface area contributed by atoms with Crippen molar-refractivity contribution in [3.8, 4) is 0 Å². The summed E-state index contributed by atoms with van der Waals surface area (Å²) in [6.07, 6.45) is 0.110. The molecule has 2 aromatic rings. The Bertz CT molecular complexity index is 742. The van der Waals surface area contributed by atoms with Crippen LogP contribution in [-0.4, -0.2) is 19.5 Å². The quantitative estimate of drug-likeness (QED) is 0.728. The average Bonchev–Trinajstić information content (AvgIpc) is 2.41. The lowest BCUT2D eigenvalue weighted by atomic mass is 10.2. The Morgan fingerprint density at radius 3 is 2.14 bits per heavy atom. The van der Waals surface area contributed by atoms with Gasteiger partial charge in [-0.2, -0.15) is 0 Å². The number of carboxylic acid groups (broad SMARTS) is 1. The molecule has 0 atom stereocenters. The van der Waals surface area contributed by atoms with Crippen LogP contribution < -0.4 is 5.14 Å². The number of aryl methyl sites for hydroxylation is 1. The molecule has 0 bridgehead atoms. The molecule has 5 nitrogen and oxygen atoms in total. The fraction of sp³-hybridized carbons (Fsp3) is 0.133. The van der Waals surface area contributed by atoms with Gasteiger partial charge in [-0.05, 0) is 53.3 Å². The third-order valence-corrected chi connectivity index (χ3v) is 4.63. The first-order valence-electron chi connectivity index (χ1n) is 6.25. The summed E-state index contributed by atoms with van der Waals surface area (Å²) in [7, 11) is -3.52. The number of hydrogen-bond acceptors (Lipinski definition) is 3. The van der Waals surface area contributed by atoms with Crippen LogP contribution in [0.1, 0.15) is 11.1 Å². The van der Waals surface area contributed by atoms with Gasteiger partial charge < -0.3 is 5.11 Å². The van der Waals surface area contributed by atoms with Crippen LogP contribution in [0.15, 0.2) is 53.4 Å². The molecule has 0 saturated heterocycles. The Labute approximate surface area is 143 Å². The predicted molar refractivity (Wildman–Crippen MR) is 93.1 cm³/mol. The Hall–Kier alpha value is -1.45. The van der Waals surface area contributed by atoms with Crippen molar-refractivity contribution in [2.45, 2.75) is 18.2 Å². The van der Waals surface area contributed by atoms with E-state index in [-0.39, 0.29) is 11.3 Å². The first-order chi connectivity index (χ1) is 10.2. The summed E-state index contributed by atoms with van der Waals surface area (Å²) < 4.78 is 22.5. The van der Waals surface area contributed by atoms with E-state index in [0.29, 0.717) is 0 Å². The standard InChI is InChI=1S/C8H7IO2.C7H9NO2S/c9-7-4-2-1-3-6(7)5-8(10)11;1-6-2-4-7(5-3-6)11(8,9)10/h1-4H,5H2,(H,10,11);2-5H,1H3,(H2,8,9,10). The molecule has 0 aliphatic heterocycles. The number of sulfonamides is 1. The molecule has 0 aliphatic carbocycles. The molecule has 0 aromatic heterocycles. The van der Waals surface area contributed by atoms with E-state index in [1.54, 1.807) is 12.1 Å². The van der Waals surface area contributed by atoms with E-state index in [4.69, 9.17) is 10.2 Å². The highest BCUT2D eigenvalue weighted by Gasteiger charge is 2.05. The monoisotopic (exact) mass is 433 g/mol. The van der Waals surface area contributed by atoms with Gasteiger partial charge in [0.2, 0.25) is 10.0 Å². The molecule has 0 aliphatic rings. The molecule has 0 spiro atoms. The summed E-state index contributed by atoms with van der Waals surface area (Å²) in [6.45, 7) is 1.88. The van der Waals surface area contributed by atoms with Crippen molar-refractivity contribution in [2.24, 2.45) is 5.14 Å². The van der Waals surface area contributed by atoms with Crippen LogP contribution in [0.3, 0.4) is 0 Å². The number of hydrogen-bond donors (Lipinski definition) is 2. The SMILES string of the molecule is Cc1ccc(S(N)(=O)=O)cc1.O=C(O)Cc1ccccc1I. The van der Waals surface area contributed by atoms with Gasteiger partial charge >= 0.3 is 5.97 Å². The molecular formula is C15H16INO4S. The first-order valence-corrected chi connectivity index (χ1v) is 8.87. The van der Waals surface area contributed by atoms with Crippen LogP contribution >= 0.6 is 22.6 Å². The second kappa shape index (κ2) is 8.25. The minimum Gasteiger partial charge on any atom is -0.481 e. The maximum atomic E-state index is 10.7. The van der Waals surface area contributed by atoms with Crippen LogP contribution in [0.4, 0.5) is 0 Å². The number of carbonyl (C=O) groups is 1. The molecule has 0 fully saturated rings. The van der Waals surface area contributed by atoms with Crippen LogP contribution in [0.2, 0.25) is 0 Å². The molecular weight excluding hydrogens is 417 g/mol. The van der Waals surface area contributed by atoms with E-state index in [2.05, 4.69) is 22.6 Å². The van der Waals surface area contributed by atoms with Crippen molar-refractivity contribution in [1.29, 1.82) is 0 Å². The molecule has 2 rings (SSSR count). The minimum absolute atomic E-state index is 0.110. The van der Waals surface area contributed by atoms with Gasteiger partial charge in [-0.1, -0.05) is 35.9 Å². The fourth-order valence-electron chi connectivity index (χ4n) is 1.53. The van der Waals surface area contributed by atoms with Gasteiger partial charge in [0.1, 0.15) is 0 Å². The number of primary sulfonamides is 1. The molecule has 0 unspecified atom stereocenters. The van der Waals surface area contributed by atoms with E-state index in [1.807, 2.05) is 31.2 Å². The van der Waals surface area contributed by atoms with Gasteiger partial charge in [0.15, 0.2) is 0 Å². The van der Waals surface area contributed by atoms with Crippen LogP contribution in [0.5, 0.6) is 0 Å². The average molecular weight is 433 g/mol. The molecule has 0 heterocycles. The summed E-state index contributed by atoms with van der Waals surface area (Å²) >= 11 is 2.13. The van der Waals surface area contributed by atoms with E-state index < -0.39 is 16.0 Å². The second-order valence-electron chi connectivity index (χ2n) is 4.52. The topological polar surface area (TPSA) is 97.5 Å². The number of halogens is 1. The number of aliphatic carboxylic acids is 1. The molecule has 118 valence electrons. The fourth-order valence-corrected chi connectivity index (χ4v) is 2.63. The van der Waals surface area contributed by atoms with E-state index >= 15 is 0 Å². The molecule has 2 aromatic carbocycles. The van der Waals surface area contributed by atoms with Gasteiger partial charge in [-0.3, -0.25) is 4.79 Å². The Kier molecular flexibility index (Phi) is 6.98. The molecule has 3 N–H and O–H groups in total. The van der Waals surface area contributed by atoms with Crippen LogP contribution in [-0.2, 0) is 21.2 Å². The third-order valence-electron chi connectivity index (χ3n) is 2.65. The lowest BCUT2D eigenvalue weighted by Gasteiger charge is -1.98. The van der Waals surface area contributed by atoms with Crippen LogP contribution in [0, 0.1) is 10.5 Å². The van der Waals surface area contributed by atoms with E-state index in [0.717, 1.165) is 14.7 Å². The van der Waals surface area contributed by atoms with Gasteiger partial charge in [0, 0.05) is 3.57 Å². The summed E-state index contributed by atoms with van der Waals surface area (Å²) in [4.78, 5) is 10.5. The Morgan fingerprint density at radius 1 is 1.14 bits per heavy atom. The van der Waals surface area contributed by atoms with Crippen molar-refractivity contribution in [3.05, 3.63) is 63.2 Å². The Morgan fingerprint density at radius 2 is 1.68 bits per heavy atom. The van der Waals surface area contributed by atoms with Gasteiger partial charge in [-0.15, -0.1) is 0 Å². The largest absolute Gasteiger partial charge is 0.481 e. The van der Waals surface area contributed by atoms with E-state index in [9.17, 15) is 13.2 Å². The Balaban J connectivity index is 0.000000220. The maximum Gasteiger partial charge on any atom is 0.307 e. The highest BCUT2D eigenvalue weighted by atomic mass is 127. The lowest BCUT2D eigenvalue weighted by Crippen LogP contribution is -2.11. The van der Waals surface area contributed by atoms with Crippen molar-refractivity contribution < 1.29 is 18.3 Å². The van der Waals surface area contributed by atoms with Crippen molar-refractivity contribution >= 4 is 38.6 Å². The predicted octanol–water partition coefficient (Wildman–Crippen LogP) is 2.56. The molecule has 0 radical (unpaired) electrons. The number of rotatable bonds is 3. The normalized spacial score (nSPS) is 10.5. The van der Waals surface area contributed by atoms with Crippen molar-refractivity contribution in [2.75, 3.05) is 0 Å². The highest BCUT2D eigenvalue weighted by Crippen LogP contribution is 2.11. The maximum absolute atomic E-state index is 10.7. The zero-order valence-electron chi connectivity index (χ0n) is 11.9. The zero-order valence-corrected chi connectivity index (χ0v) is 14.8. The number of nitrogens with two attached hydrogens (primary N) is 1. The summed E-state index contributed by atoms with van der Waals surface area (Å²) in [5.74, 6) is -0.783. The zero-order chi connectivity index (χ0) is 16.8. The van der Waals surface area contributed by atoms with Crippen LogP contribution in [0.25, 0.3) is 0 Å². The molecule has 0 saturated carbocycles. The third kappa shape index (κ3) is 6.54. The smallest absolute Gasteiger partial charge is 0.307 e. The summed E-state index contributed by atoms with van der Waals surface area (Å²) in [6, 6.07) is 13.9. The number of benzene rings is 2. The summed E-state index contributed by atoms with van der Waals surface area (Å²) in [5.41, 5.74) is 1.89. The lowest BCUT2D eigenvalue weighted by molar-refractivity contribution is -0.136. The highest BCUT2D eigenvalue weighted by molar-refractivity contribution is 14.1. The first kappa shape index (κ1) is 18.6.